The van der Waals surface area contributed by atoms with Gasteiger partial charge in [-0.05, 0) is 44.0 Å². The molecule has 9 heteroatoms. The number of ether oxygens (including phenoxy) is 1. The number of fused-ring (bicyclic) bond motifs is 2. The summed E-state index contributed by atoms with van der Waals surface area (Å²) in [6.07, 6.45) is 7.38. The molecule has 0 aromatic carbocycles. The average molecular weight is 458 g/mol. The van der Waals surface area contributed by atoms with Gasteiger partial charge in [0, 0.05) is 49.3 Å². The first kappa shape index (κ1) is 21.0. The fourth-order valence-electron chi connectivity index (χ4n) is 4.54. The van der Waals surface area contributed by atoms with Gasteiger partial charge in [0.25, 0.3) is 0 Å². The second-order valence-corrected chi connectivity index (χ2v) is 10.2. The lowest BCUT2D eigenvalue weighted by atomic mass is 10.0. The minimum atomic E-state index is 0.0682. The third-order valence-corrected chi connectivity index (χ3v) is 8.27. The summed E-state index contributed by atoms with van der Waals surface area (Å²) in [5.74, 6) is 0.0682. The number of aromatic nitrogens is 2. The zero-order valence-electron chi connectivity index (χ0n) is 17.6. The van der Waals surface area contributed by atoms with Crippen LogP contribution in [0.25, 0.3) is 20.8 Å². The molecule has 0 bridgehead atoms. The standard InChI is InChI=1S/C22H27N5O2S2/c1-29-13-14-3-2-9-27(14)10-6-19(28)26-22-20(15-4-7-24-12-18(15)31-22)21-25-16-11-23-8-5-17(16)30-21/h5,8,11,14,24H,2-4,6-7,9-10,12-13H2,1H3,(H,26,28). The van der Waals surface area contributed by atoms with Crippen LogP contribution in [-0.2, 0) is 22.5 Å². The maximum Gasteiger partial charge on any atom is 0.226 e. The summed E-state index contributed by atoms with van der Waals surface area (Å²) in [5, 5.41) is 8.57. The van der Waals surface area contributed by atoms with Crippen molar-refractivity contribution in [1.82, 2.24) is 20.2 Å². The van der Waals surface area contributed by atoms with Crippen molar-refractivity contribution < 1.29 is 9.53 Å². The van der Waals surface area contributed by atoms with Crippen LogP contribution in [0.1, 0.15) is 29.7 Å². The molecule has 2 aliphatic heterocycles. The van der Waals surface area contributed by atoms with Crippen LogP contribution in [0.4, 0.5) is 5.00 Å². The molecule has 5 heterocycles. The molecule has 7 nitrogen and oxygen atoms in total. The van der Waals surface area contributed by atoms with Gasteiger partial charge < -0.3 is 15.4 Å². The number of hydrogen-bond acceptors (Lipinski definition) is 8. The summed E-state index contributed by atoms with van der Waals surface area (Å²) in [5.41, 5.74) is 3.34. The van der Waals surface area contributed by atoms with Crippen molar-refractivity contribution in [3.8, 4) is 10.6 Å². The van der Waals surface area contributed by atoms with Crippen LogP contribution >= 0.6 is 22.7 Å². The van der Waals surface area contributed by atoms with Gasteiger partial charge in [-0.15, -0.1) is 22.7 Å². The maximum atomic E-state index is 12.9. The van der Waals surface area contributed by atoms with Gasteiger partial charge in [-0.2, -0.15) is 0 Å². The van der Waals surface area contributed by atoms with E-state index in [0.29, 0.717) is 12.5 Å². The Kier molecular flexibility index (Phi) is 6.29. The lowest BCUT2D eigenvalue weighted by Gasteiger charge is -2.23. The van der Waals surface area contributed by atoms with E-state index in [1.807, 2.05) is 6.07 Å². The fraction of sp³-hybridized carbons (Fsp3) is 0.500. The summed E-state index contributed by atoms with van der Waals surface area (Å²) in [6.45, 7) is 4.36. The molecule has 1 saturated heterocycles. The third-order valence-electron chi connectivity index (χ3n) is 6.07. The predicted molar refractivity (Wildman–Crippen MR) is 126 cm³/mol. The van der Waals surface area contributed by atoms with Gasteiger partial charge in [-0.25, -0.2) is 4.98 Å². The van der Waals surface area contributed by atoms with Crippen LogP contribution in [0.15, 0.2) is 18.5 Å². The fourth-order valence-corrected chi connectivity index (χ4v) is 6.85. The van der Waals surface area contributed by atoms with Crippen LogP contribution in [0.2, 0.25) is 0 Å². The molecular formula is C22H27N5O2S2. The second-order valence-electron chi connectivity index (χ2n) is 8.08. The first-order valence-corrected chi connectivity index (χ1v) is 12.4. The molecule has 2 aliphatic rings. The van der Waals surface area contributed by atoms with Crippen molar-refractivity contribution in [2.75, 3.05) is 38.7 Å². The van der Waals surface area contributed by atoms with Crippen molar-refractivity contribution in [3.63, 3.8) is 0 Å². The minimum Gasteiger partial charge on any atom is -0.383 e. The van der Waals surface area contributed by atoms with E-state index in [1.165, 1.54) is 16.9 Å². The molecule has 0 aliphatic carbocycles. The van der Waals surface area contributed by atoms with Crippen LogP contribution in [0.5, 0.6) is 0 Å². The van der Waals surface area contributed by atoms with Gasteiger partial charge in [0.05, 0.1) is 17.5 Å². The number of hydrogen-bond donors (Lipinski definition) is 2. The van der Waals surface area contributed by atoms with E-state index in [4.69, 9.17) is 9.72 Å². The SMILES string of the molecule is COCC1CCCN1CCC(=O)Nc1sc2c(c1-c1nc3cnccc3s1)CCNC2. The Labute approximate surface area is 189 Å². The number of carbonyl (C=O) groups excluding carboxylic acids is 1. The number of nitrogens with zero attached hydrogens (tertiary/aromatic N) is 3. The highest BCUT2D eigenvalue weighted by atomic mass is 32.1. The van der Waals surface area contributed by atoms with Gasteiger partial charge >= 0.3 is 0 Å². The summed E-state index contributed by atoms with van der Waals surface area (Å²) < 4.78 is 6.46. The number of amides is 1. The third kappa shape index (κ3) is 4.38. The molecule has 1 amide bonds. The molecule has 1 unspecified atom stereocenters. The van der Waals surface area contributed by atoms with Crippen LogP contribution in [0.3, 0.4) is 0 Å². The van der Waals surface area contributed by atoms with E-state index in [9.17, 15) is 4.79 Å². The quantitative estimate of drug-likeness (QED) is 0.565. The van der Waals surface area contributed by atoms with Crippen LogP contribution in [-0.4, -0.2) is 60.2 Å². The molecule has 0 saturated carbocycles. The summed E-state index contributed by atoms with van der Waals surface area (Å²) in [6, 6.07) is 2.44. The molecule has 164 valence electrons. The Balaban J connectivity index is 1.36. The highest BCUT2D eigenvalue weighted by Crippen LogP contribution is 2.44. The molecule has 0 spiro atoms. The van der Waals surface area contributed by atoms with E-state index < -0.39 is 0 Å². The summed E-state index contributed by atoms with van der Waals surface area (Å²) in [4.78, 5) is 25.6. The number of carbonyl (C=O) groups is 1. The molecule has 2 N–H and O–H groups in total. The van der Waals surface area contributed by atoms with Gasteiger partial charge in [0.15, 0.2) is 0 Å². The largest absolute Gasteiger partial charge is 0.383 e. The Bertz CT molecular complexity index is 1050. The molecule has 3 aromatic heterocycles. The van der Waals surface area contributed by atoms with Crippen molar-refractivity contribution in [3.05, 3.63) is 28.9 Å². The Morgan fingerprint density at radius 1 is 1.42 bits per heavy atom. The smallest absolute Gasteiger partial charge is 0.226 e. The van der Waals surface area contributed by atoms with E-state index in [0.717, 1.165) is 71.4 Å². The maximum absolute atomic E-state index is 12.9. The van der Waals surface area contributed by atoms with E-state index in [2.05, 4.69) is 20.5 Å². The van der Waals surface area contributed by atoms with Gasteiger partial charge in [0.1, 0.15) is 15.5 Å². The Hall–Kier alpha value is -1.91. The first-order chi connectivity index (χ1) is 15.2. The number of likely N-dealkylation sites (tertiary alicyclic amines) is 1. The molecule has 5 rings (SSSR count). The molecule has 31 heavy (non-hydrogen) atoms. The van der Waals surface area contributed by atoms with Crippen molar-refractivity contribution in [2.45, 2.75) is 38.3 Å². The summed E-state index contributed by atoms with van der Waals surface area (Å²) in [7, 11) is 1.75. The Morgan fingerprint density at radius 2 is 2.35 bits per heavy atom. The average Bonchev–Trinajstić information content (AvgIpc) is 3.48. The normalized spacial score (nSPS) is 19.1. The highest BCUT2D eigenvalue weighted by Gasteiger charge is 2.27. The number of pyridine rings is 1. The van der Waals surface area contributed by atoms with Crippen molar-refractivity contribution >= 4 is 43.8 Å². The zero-order chi connectivity index (χ0) is 21.2. The lowest BCUT2D eigenvalue weighted by molar-refractivity contribution is -0.116. The molecule has 1 atom stereocenters. The minimum absolute atomic E-state index is 0.0682. The van der Waals surface area contributed by atoms with E-state index >= 15 is 0 Å². The zero-order valence-corrected chi connectivity index (χ0v) is 19.3. The first-order valence-electron chi connectivity index (χ1n) is 10.8. The molecule has 0 radical (unpaired) electrons. The van der Waals surface area contributed by atoms with E-state index in [1.54, 1.807) is 42.2 Å². The van der Waals surface area contributed by atoms with Crippen LogP contribution in [0, 0.1) is 0 Å². The topological polar surface area (TPSA) is 79.4 Å². The molecule has 3 aromatic rings. The number of thiophene rings is 1. The number of anilines is 1. The van der Waals surface area contributed by atoms with Gasteiger partial charge in [0.2, 0.25) is 5.91 Å². The predicted octanol–water partition coefficient (Wildman–Crippen LogP) is 3.50. The van der Waals surface area contributed by atoms with Crippen molar-refractivity contribution in [2.24, 2.45) is 0 Å². The number of methoxy groups -OCH3 is 1. The van der Waals surface area contributed by atoms with E-state index in [-0.39, 0.29) is 5.91 Å². The monoisotopic (exact) mass is 457 g/mol. The van der Waals surface area contributed by atoms with Crippen molar-refractivity contribution in [1.29, 1.82) is 0 Å². The number of nitrogens with one attached hydrogen (secondary N) is 2. The molecular weight excluding hydrogens is 430 g/mol. The van der Waals surface area contributed by atoms with Gasteiger partial charge in [-0.1, -0.05) is 0 Å². The highest BCUT2D eigenvalue weighted by molar-refractivity contribution is 7.22. The Morgan fingerprint density at radius 3 is 3.23 bits per heavy atom. The van der Waals surface area contributed by atoms with Crippen LogP contribution < -0.4 is 10.6 Å². The lowest BCUT2D eigenvalue weighted by Crippen LogP contribution is -2.35. The van der Waals surface area contributed by atoms with Gasteiger partial charge in [-0.3, -0.25) is 14.7 Å². The second kappa shape index (κ2) is 9.30. The number of rotatable bonds is 7. The number of thiazole rings is 1. The summed E-state index contributed by atoms with van der Waals surface area (Å²) >= 11 is 3.36. The molecule has 1 fully saturated rings.